The normalized spacial score (nSPS) is 31.2. The molecule has 1 aliphatic carbocycles. The van der Waals surface area contributed by atoms with E-state index in [2.05, 4.69) is 32.9 Å². The average molecular weight is 124 g/mol. The first-order valence-corrected chi connectivity index (χ1v) is 3.78. The molecule has 0 bridgehead atoms. The quantitative estimate of drug-likeness (QED) is 0.496. The topological polar surface area (TPSA) is 0 Å². The maximum Gasteiger partial charge on any atom is -0.0317 e. The molecule has 1 unspecified atom stereocenters. The van der Waals surface area contributed by atoms with Crippen molar-refractivity contribution in [2.75, 3.05) is 0 Å². The van der Waals surface area contributed by atoms with E-state index >= 15 is 0 Å². The van der Waals surface area contributed by atoms with Crippen molar-refractivity contribution in [3.05, 3.63) is 12.2 Å². The summed E-state index contributed by atoms with van der Waals surface area (Å²) in [6.45, 7) is 6.79. The number of rotatable bonds is 2. The molecule has 0 saturated heterocycles. The molecule has 0 nitrogen and oxygen atoms in total. The minimum atomic E-state index is 0.666. The van der Waals surface area contributed by atoms with Crippen molar-refractivity contribution in [3.63, 3.8) is 0 Å². The summed E-state index contributed by atoms with van der Waals surface area (Å²) in [6.07, 6.45) is 7.15. The van der Waals surface area contributed by atoms with Gasteiger partial charge in [-0.05, 0) is 31.1 Å². The molecule has 0 heteroatoms. The Labute approximate surface area is 58.0 Å². The monoisotopic (exact) mass is 124 g/mol. The molecule has 0 aromatic rings. The lowest BCUT2D eigenvalue weighted by atomic mass is 10.1. The van der Waals surface area contributed by atoms with Gasteiger partial charge in [0.1, 0.15) is 0 Å². The third kappa shape index (κ3) is 1.57. The molecule has 1 rings (SSSR count). The summed E-state index contributed by atoms with van der Waals surface area (Å²) in [5.74, 6) is 0.980. The maximum atomic E-state index is 2.35. The van der Waals surface area contributed by atoms with E-state index in [1.165, 1.54) is 12.8 Å². The third-order valence-corrected chi connectivity index (χ3v) is 2.37. The highest BCUT2D eigenvalue weighted by Crippen LogP contribution is 2.53. The van der Waals surface area contributed by atoms with Gasteiger partial charge in [0.2, 0.25) is 0 Å². The summed E-state index contributed by atoms with van der Waals surface area (Å²) in [7, 11) is 0. The molecule has 0 aromatic heterocycles. The van der Waals surface area contributed by atoms with Gasteiger partial charge in [-0.2, -0.15) is 0 Å². The summed E-state index contributed by atoms with van der Waals surface area (Å²) in [4.78, 5) is 0. The Morgan fingerprint density at radius 3 is 2.44 bits per heavy atom. The number of allylic oxidation sites excluding steroid dienone is 2. The second-order valence-corrected chi connectivity index (χ2v) is 3.69. The lowest BCUT2D eigenvalue weighted by Crippen LogP contribution is -1.87. The molecule has 1 aliphatic rings. The predicted octanol–water partition coefficient (Wildman–Crippen LogP) is 3.00. The zero-order valence-electron chi connectivity index (χ0n) is 6.65. The Bertz CT molecular complexity index is 120. The van der Waals surface area contributed by atoms with Crippen LogP contribution in [0, 0.1) is 11.3 Å². The Morgan fingerprint density at radius 1 is 1.56 bits per heavy atom. The van der Waals surface area contributed by atoms with Gasteiger partial charge in [0.05, 0.1) is 0 Å². The van der Waals surface area contributed by atoms with E-state index in [1.807, 2.05) is 0 Å². The van der Waals surface area contributed by atoms with Gasteiger partial charge >= 0.3 is 0 Å². The van der Waals surface area contributed by atoms with Gasteiger partial charge in [0.15, 0.2) is 0 Å². The first-order valence-electron chi connectivity index (χ1n) is 3.78. The lowest BCUT2D eigenvalue weighted by Gasteiger charge is -1.97. The van der Waals surface area contributed by atoms with Crippen LogP contribution in [0.4, 0.5) is 0 Å². The summed E-state index contributed by atoms with van der Waals surface area (Å²) in [5.41, 5.74) is 0.666. The van der Waals surface area contributed by atoms with Crippen LogP contribution < -0.4 is 0 Å². The first-order chi connectivity index (χ1) is 4.17. The van der Waals surface area contributed by atoms with E-state index in [1.54, 1.807) is 0 Å². The van der Waals surface area contributed by atoms with Crippen LogP contribution >= 0.6 is 0 Å². The van der Waals surface area contributed by atoms with Crippen molar-refractivity contribution in [1.82, 2.24) is 0 Å². The van der Waals surface area contributed by atoms with Gasteiger partial charge in [-0.25, -0.2) is 0 Å². The molecule has 0 radical (unpaired) electrons. The van der Waals surface area contributed by atoms with Gasteiger partial charge in [-0.3, -0.25) is 0 Å². The van der Waals surface area contributed by atoms with Crippen LogP contribution in [0.15, 0.2) is 12.2 Å². The van der Waals surface area contributed by atoms with E-state index in [9.17, 15) is 0 Å². The average Bonchev–Trinajstić information content (AvgIpc) is 2.35. The van der Waals surface area contributed by atoms with Gasteiger partial charge in [0.25, 0.3) is 0 Å². The van der Waals surface area contributed by atoms with Crippen LogP contribution in [0.3, 0.4) is 0 Å². The second kappa shape index (κ2) is 2.17. The highest BCUT2D eigenvalue weighted by molar-refractivity contribution is 4.99. The zero-order chi connectivity index (χ0) is 6.91. The SMILES string of the molecule is CC=CCC1CC1(C)C. The van der Waals surface area contributed by atoms with Crippen LogP contribution in [0.1, 0.15) is 33.6 Å². The van der Waals surface area contributed by atoms with Crippen LogP contribution in [0.25, 0.3) is 0 Å². The molecule has 0 N–H and O–H groups in total. The van der Waals surface area contributed by atoms with E-state index in [0.29, 0.717) is 5.41 Å². The fourth-order valence-corrected chi connectivity index (χ4v) is 1.28. The molecule has 1 saturated carbocycles. The summed E-state index contributed by atoms with van der Waals surface area (Å²) in [6, 6.07) is 0. The van der Waals surface area contributed by atoms with Crippen LogP contribution in [-0.4, -0.2) is 0 Å². The summed E-state index contributed by atoms with van der Waals surface area (Å²) in [5, 5.41) is 0. The number of hydrogen-bond donors (Lipinski definition) is 0. The first kappa shape index (κ1) is 6.85. The van der Waals surface area contributed by atoms with Gasteiger partial charge in [-0.1, -0.05) is 26.0 Å². The molecule has 1 fully saturated rings. The molecule has 1 atom stereocenters. The Kier molecular flexibility index (Phi) is 1.65. The molecular weight excluding hydrogens is 108 g/mol. The van der Waals surface area contributed by atoms with E-state index in [0.717, 1.165) is 5.92 Å². The smallest absolute Gasteiger partial charge is 0.0317 e. The molecule has 0 heterocycles. The molecule has 9 heavy (non-hydrogen) atoms. The van der Waals surface area contributed by atoms with Crippen molar-refractivity contribution in [1.29, 1.82) is 0 Å². The van der Waals surface area contributed by atoms with Gasteiger partial charge in [-0.15, -0.1) is 0 Å². The standard InChI is InChI=1S/C9H16/c1-4-5-6-8-7-9(8,2)3/h4-5,8H,6-7H2,1-3H3. The Morgan fingerprint density at radius 2 is 2.11 bits per heavy atom. The van der Waals surface area contributed by atoms with Crippen molar-refractivity contribution in [2.45, 2.75) is 33.6 Å². The van der Waals surface area contributed by atoms with Crippen molar-refractivity contribution in [3.8, 4) is 0 Å². The molecule has 0 aliphatic heterocycles. The highest BCUT2D eigenvalue weighted by atomic mass is 14.5. The molecule has 0 aromatic carbocycles. The van der Waals surface area contributed by atoms with Crippen molar-refractivity contribution >= 4 is 0 Å². The Balaban J connectivity index is 2.20. The molecular formula is C9H16. The van der Waals surface area contributed by atoms with Crippen LogP contribution in [0.5, 0.6) is 0 Å². The molecule has 0 amide bonds. The molecule has 0 spiro atoms. The predicted molar refractivity (Wildman–Crippen MR) is 41.3 cm³/mol. The van der Waals surface area contributed by atoms with Crippen molar-refractivity contribution < 1.29 is 0 Å². The van der Waals surface area contributed by atoms with Gasteiger partial charge < -0.3 is 0 Å². The van der Waals surface area contributed by atoms with Crippen molar-refractivity contribution in [2.24, 2.45) is 11.3 Å². The zero-order valence-corrected chi connectivity index (χ0v) is 6.65. The minimum absolute atomic E-state index is 0.666. The Hall–Kier alpha value is -0.260. The number of hydrogen-bond acceptors (Lipinski definition) is 0. The second-order valence-electron chi connectivity index (χ2n) is 3.69. The molecule has 52 valence electrons. The largest absolute Gasteiger partial charge is 0.0917 e. The summed E-state index contributed by atoms with van der Waals surface area (Å²) >= 11 is 0. The third-order valence-electron chi connectivity index (χ3n) is 2.37. The maximum absolute atomic E-state index is 2.35. The van der Waals surface area contributed by atoms with Gasteiger partial charge in [0, 0.05) is 0 Å². The lowest BCUT2D eigenvalue weighted by molar-refractivity contribution is 0.563. The van der Waals surface area contributed by atoms with E-state index in [4.69, 9.17) is 0 Å². The fraction of sp³-hybridized carbons (Fsp3) is 0.778. The summed E-state index contributed by atoms with van der Waals surface area (Å²) < 4.78 is 0. The van der Waals surface area contributed by atoms with E-state index in [-0.39, 0.29) is 0 Å². The van der Waals surface area contributed by atoms with E-state index < -0.39 is 0 Å². The van der Waals surface area contributed by atoms with Crippen LogP contribution in [0.2, 0.25) is 0 Å². The highest BCUT2D eigenvalue weighted by Gasteiger charge is 2.43. The minimum Gasteiger partial charge on any atom is -0.0917 e. The van der Waals surface area contributed by atoms with Crippen LogP contribution in [-0.2, 0) is 0 Å². The fourth-order valence-electron chi connectivity index (χ4n) is 1.28.